The molecule has 0 aromatic heterocycles. The molecule has 2 aromatic carbocycles. The van der Waals surface area contributed by atoms with Crippen LogP contribution >= 0.6 is 0 Å². The van der Waals surface area contributed by atoms with E-state index >= 15 is 0 Å². The Balaban J connectivity index is 2.31. The van der Waals surface area contributed by atoms with E-state index in [4.69, 9.17) is 18.6 Å². The van der Waals surface area contributed by atoms with Crippen LogP contribution in [0.25, 0.3) is 5.57 Å². The lowest BCUT2D eigenvalue weighted by Gasteiger charge is -2.10. The Morgan fingerprint density at radius 1 is 0.758 bits per heavy atom. The average Bonchev–Trinajstić information content (AvgIpc) is 2.75. The second kappa shape index (κ2) is 12.4. The van der Waals surface area contributed by atoms with Gasteiger partial charge in [0.05, 0.1) is 24.5 Å². The minimum absolute atomic E-state index is 0.0231. The molecule has 0 fully saturated rings. The molecule has 2 aromatic rings. The van der Waals surface area contributed by atoms with Crippen LogP contribution < -0.4 is 0 Å². The smallest absolute Gasteiger partial charge is 0.336 e. The average molecular weight is 497 g/mol. The molecule has 178 valence electrons. The normalized spacial score (nSPS) is 12.2. The molecule has 0 amide bonds. The van der Waals surface area contributed by atoms with Gasteiger partial charge in [-0.3, -0.25) is 9.11 Å². The summed E-state index contributed by atoms with van der Waals surface area (Å²) < 4.78 is 71.1. The summed E-state index contributed by atoms with van der Waals surface area (Å²) in [7, 11) is -8.55. The van der Waals surface area contributed by atoms with Gasteiger partial charge in [0, 0.05) is 0 Å². The van der Waals surface area contributed by atoms with E-state index in [1.807, 2.05) is 60.7 Å². The molecule has 2 N–H and O–H groups in total. The van der Waals surface area contributed by atoms with Crippen molar-refractivity contribution in [2.75, 3.05) is 31.3 Å². The third kappa shape index (κ3) is 10.6. The van der Waals surface area contributed by atoms with Crippen LogP contribution in [0.4, 0.5) is 0 Å². The lowest BCUT2D eigenvalue weighted by molar-refractivity contribution is -0.139. The van der Waals surface area contributed by atoms with Crippen LogP contribution in [0, 0.1) is 0 Å². The van der Waals surface area contributed by atoms with E-state index in [9.17, 15) is 21.6 Å². The summed E-state index contributed by atoms with van der Waals surface area (Å²) in [6, 6.07) is 18.7. The first-order chi connectivity index (χ1) is 15.6. The van der Waals surface area contributed by atoms with Crippen molar-refractivity contribution in [1.29, 1.82) is 0 Å². The SMILES string of the molecule is O=C(OCCS(=O)(=O)O)/C(=C\C=C(c1ccccc1)c1ccccc1)COCCS(=O)(=O)O. The van der Waals surface area contributed by atoms with Gasteiger partial charge in [-0.15, -0.1) is 0 Å². The summed E-state index contributed by atoms with van der Waals surface area (Å²) in [5.41, 5.74) is 2.49. The van der Waals surface area contributed by atoms with Crippen LogP contribution in [-0.2, 0) is 34.5 Å². The number of carbonyl (C=O) groups is 1. The summed E-state index contributed by atoms with van der Waals surface area (Å²) in [6.07, 6.45) is 3.09. The van der Waals surface area contributed by atoms with Crippen LogP contribution in [0.5, 0.6) is 0 Å². The highest BCUT2D eigenvalue weighted by molar-refractivity contribution is 7.86. The van der Waals surface area contributed by atoms with E-state index in [1.54, 1.807) is 6.08 Å². The molecule has 0 unspecified atom stereocenters. The van der Waals surface area contributed by atoms with Crippen molar-refractivity contribution in [1.82, 2.24) is 0 Å². The molecule has 33 heavy (non-hydrogen) atoms. The van der Waals surface area contributed by atoms with Crippen LogP contribution in [-0.4, -0.2) is 63.2 Å². The van der Waals surface area contributed by atoms with Crippen LogP contribution in [0.15, 0.2) is 78.4 Å². The highest BCUT2D eigenvalue weighted by atomic mass is 32.2. The van der Waals surface area contributed by atoms with Crippen LogP contribution in [0.3, 0.4) is 0 Å². The topological polar surface area (TPSA) is 144 Å². The number of benzene rings is 2. The Kier molecular flexibility index (Phi) is 9.95. The largest absolute Gasteiger partial charge is 0.461 e. The second-order valence-electron chi connectivity index (χ2n) is 6.76. The predicted octanol–water partition coefficient (Wildman–Crippen LogP) is 2.38. The van der Waals surface area contributed by atoms with Crippen molar-refractivity contribution in [2.24, 2.45) is 0 Å². The molecule has 0 bridgehead atoms. The van der Waals surface area contributed by atoms with Gasteiger partial charge in [0.25, 0.3) is 20.2 Å². The molecular weight excluding hydrogens is 472 g/mol. The predicted molar refractivity (Wildman–Crippen MR) is 123 cm³/mol. The van der Waals surface area contributed by atoms with Crippen molar-refractivity contribution >= 4 is 31.8 Å². The first kappa shape index (κ1) is 26.4. The van der Waals surface area contributed by atoms with Gasteiger partial charge >= 0.3 is 5.97 Å². The highest BCUT2D eigenvalue weighted by Crippen LogP contribution is 2.23. The summed E-state index contributed by atoms with van der Waals surface area (Å²) in [6.45, 7) is -1.30. The fourth-order valence-electron chi connectivity index (χ4n) is 2.63. The third-order valence-electron chi connectivity index (χ3n) is 4.20. The molecule has 0 aliphatic carbocycles. The van der Waals surface area contributed by atoms with Gasteiger partial charge in [0.2, 0.25) is 0 Å². The summed E-state index contributed by atoms with van der Waals surface area (Å²) in [5, 5.41) is 0. The van der Waals surface area contributed by atoms with Crippen LogP contribution in [0.1, 0.15) is 11.1 Å². The van der Waals surface area contributed by atoms with Gasteiger partial charge in [0.1, 0.15) is 12.4 Å². The zero-order valence-corrected chi connectivity index (χ0v) is 19.2. The monoisotopic (exact) mass is 496 g/mol. The standard InChI is InChI=1S/C22H24O9S2/c23-22(31-14-16-33(27,28)29)20(17-30-13-15-32(24,25)26)11-12-21(18-7-3-1-4-8-18)19-9-5-2-6-10-19/h1-12H,13-17H2,(H,24,25,26)(H,27,28,29)/b20-11-. The van der Waals surface area contributed by atoms with Crippen molar-refractivity contribution in [3.05, 3.63) is 89.5 Å². The molecule has 0 atom stereocenters. The van der Waals surface area contributed by atoms with Gasteiger partial charge in [0.15, 0.2) is 0 Å². The number of ether oxygens (including phenoxy) is 2. The van der Waals surface area contributed by atoms with Gasteiger partial charge in [-0.1, -0.05) is 66.7 Å². The fraction of sp³-hybridized carbons (Fsp3) is 0.227. The zero-order chi connectivity index (χ0) is 24.3. The molecule has 0 saturated heterocycles. The van der Waals surface area contributed by atoms with Crippen LogP contribution in [0.2, 0.25) is 0 Å². The Bertz CT molecular complexity index is 1140. The van der Waals surface area contributed by atoms with E-state index < -0.39 is 44.3 Å². The van der Waals surface area contributed by atoms with Gasteiger partial charge in [-0.2, -0.15) is 16.8 Å². The minimum Gasteiger partial charge on any atom is -0.461 e. The number of esters is 1. The van der Waals surface area contributed by atoms with Crippen molar-refractivity contribution < 1.29 is 40.2 Å². The molecule has 0 spiro atoms. The molecule has 0 radical (unpaired) electrons. The molecular formula is C22H24O9S2. The Labute approximate surface area is 192 Å². The third-order valence-corrected chi connectivity index (χ3v) is 5.57. The molecule has 0 saturated carbocycles. The summed E-state index contributed by atoms with van der Waals surface area (Å²) in [4.78, 5) is 12.5. The van der Waals surface area contributed by atoms with Crippen molar-refractivity contribution in [3.8, 4) is 0 Å². The first-order valence-electron chi connectivity index (χ1n) is 9.72. The maximum Gasteiger partial charge on any atom is 0.336 e. The molecule has 2 rings (SSSR count). The van der Waals surface area contributed by atoms with Gasteiger partial charge < -0.3 is 9.47 Å². The van der Waals surface area contributed by atoms with Gasteiger partial charge in [-0.05, 0) is 22.8 Å². The minimum atomic E-state index is -4.31. The molecule has 0 aliphatic rings. The Morgan fingerprint density at radius 2 is 1.24 bits per heavy atom. The number of hydrogen-bond donors (Lipinski definition) is 2. The lowest BCUT2D eigenvalue weighted by atomic mass is 9.97. The Hall–Kier alpha value is -2.83. The molecule has 11 heteroatoms. The quantitative estimate of drug-likeness (QED) is 0.149. The van der Waals surface area contributed by atoms with E-state index in [-0.39, 0.29) is 18.8 Å². The second-order valence-corrected chi connectivity index (χ2v) is 9.91. The number of hydrogen-bond acceptors (Lipinski definition) is 7. The zero-order valence-electron chi connectivity index (χ0n) is 17.5. The summed E-state index contributed by atoms with van der Waals surface area (Å²) >= 11 is 0. The van der Waals surface area contributed by atoms with Gasteiger partial charge in [-0.25, -0.2) is 4.79 Å². The summed E-state index contributed by atoms with van der Waals surface area (Å²) in [5.74, 6) is -2.33. The Morgan fingerprint density at radius 3 is 1.73 bits per heavy atom. The highest BCUT2D eigenvalue weighted by Gasteiger charge is 2.15. The lowest BCUT2D eigenvalue weighted by Crippen LogP contribution is -2.19. The van der Waals surface area contributed by atoms with E-state index in [0.29, 0.717) is 0 Å². The van der Waals surface area contributed by atoms with E-state index in [0.717, 1.165) is 16.7 Å². The molecule has 0 heterocycles. The maximum atomic E-state index is 12.5. The van der Waals surface area contributed by atoms with E-state index in [1.165, 1.54) is 6.08 Å². The fourth-order valence-corrected chi connectivity index (χ4v) is 3.25. The first-order valence-corrected chi connectivity index (χ1v) is 12.9. The number of carbonyl (C=O) groups excluding carboxylic acids is 1. The number of rotatable bonds is 12. The number of allylic oxidation sites excluding steroid dienone is 2. The van der Waals surface area contributed by atoms with Crippen molar-refractivity contribution in [2.45, 2.75) is 0 Å². The molecule has 9 nitrogen and oxygen atoms in total. The van der Waals surface area contributed by atoms with E-state index in [2.05, 4.69) is 0 Å². The molecule has 0 aliphatic heterocycles. The van der Waals surface area contributed by atoms with Crippen molar-refractivity contribution in [3.63, 3.8) is 0 Å². The maximum absolute atomic E-state index is 12.5.